The van der Waals surface area contributed by atoms with Gasteiger partial charge in [0.15, 0.2) is 0 Å². The molecule has 0 aromatic heterocycles. The van der Waals surface area contributed by atoms with Gasteiger partial charge in [0.25, 0.3) is 0 Å². The Labute approximate surface area is 118 Å². The zero-order valence-corrected chi connectivity index (χ0v) is 11.6. The number of carbonyl (C=O) groups is 1. The molecule has 1 saturated heterocycles. The van der Waals surface area contributed by atoms with Crippen molar-refractivity contribution in [2.45, 2.75) is 25.4 Å². The smallest absolute Gasteiger partial charge is 0.245 e. The fourth-order valence-corrected chi connectivity index (χ4v) is 2.66. The minimum atomic E-state index is -0.442. The van der Waals surface area contributed by atoms with Crippen LogP contribution in [-0.2, 0) is 4.79 Å². The lowest BCUT2D eigenvalue weighted by molar-refractivity contribution is -0.126. The maximum Gasteiger partial charge on any atom is 0.245 e. The SMILES string of the molecule is CC1CN(C)C(CC#N)C(=O)N1c1ccccc1C#N. The number of nitrogens with zero attached hydrogens (tertiary/aromatic N) is 4. The van der Waals surface area contributed by atoms with E-state index in [0.29, 0.717) is 17.8 Å². The standard InChI is InChI=1S/C15H16N4O/c1-11-10-18(2)14(7-8-16)15(20)19(11)13-6-4-3-5-12(13)9-17/h3-6,11,14H,7,10H2,1-2H3. The van der Waals surface area contributed by atoms with Crippen LogP contribution in [0.2, 0.25) is 0 Å². The van der Waals surface area contributed by atoms with Gasteiger partial charge in [-0.1, -0.05) is 12.1 Å². The quantitative estimate of drug-likeness (QED) is 0.815. The number of hydrogen-bond donors (Lipinski definition) is 0. The highest BCUT2D eigenvalue weighted by molar-refractivity contribution is 5.99. The van der Waals surface area contributed by atoms with Gasteiger partial charge in [0, 0.05) is 12.6 Å². The molecule has 0 aliphatic carbocycles. The van der Waals surface area contributed by atoms with Crippen molar-refractivity contribution in [1.29, 1.82) is 10.5 Å². The van der Waals surface area contributed by atoms with Crippen LogP contribution in [0.1, 0.15) is 18.9 Å². The monoisotopic (exact) mass is 268 g/mol. The van der Waals surface area contributed by atoms with Gasteiger partial charge in [0.2, 0.25) is 5.91 Å². The fraction of sp³-hybridized carbons (Fsp3) is 0.400. The first-order valence-electron chi connectivity index (χ1n) is 6.49. The van der Waals surface area contributed by atoms with Crippen molar-refractivity contribution in [1.82, 2.24) is 4.90 Å². The molecule has 0 radical (unpaired) electrons. The molecule has 1 amide bonds. The fourth-order valence-electron chi connectivity index (χ4n) is 2.66. The summed E-state index contributed by atoms with van der Waals surface area (Å²) in [6, 6.07) is 10.8. The molecular formula is C15H16N4O. The Morgan fingerprint density at radius 1 is 1.35 bits per heavy atom. The van der Waals surface area contributed by atoms with Gasteiger partial charge in [-0.2, -0.15) is 10.5 Å². The minimum Gasteiger partial charge on any atom is -0.306 e. The molecular weight excluding hydrogens is 252 g/mol. The van der Waals surface area contributed by atoms with Gasteiger partial charge in [0.05, 0.1) is 23.7 Å². The van der Waals surface area contributed by atoms with Crippen molar-refractivity contribution in [2.24, 2.45) is 0 Å². The van der Waals surface area contributed by atoms with Crippen LogP contribution in [0.3, 0.4) is 0 Å². The van der Waals surface area contributed by atoms with E-state index in [1.54, 1.807) is 23.1 Å². The Morgan fingerprint density at radius 3 is 2.70 bits per heavy atom. The highest BCUT2D eigenvalue weighted by Crippen LogP contribution is 2.27. The van der Waals surface area contributed by atoms with Crippen molar-refractivity contribution in [3.63, 3.8) is 0 Å². The summed E-state index contributed by atoms with van der Waals surface area (Å²) in [5, 5.41) is 18.1. The summed E-state index contributed by atoms with van der Waals surface area (Å²) in [6.07, 6.45) is 0.160. The Kier molecular flexibility index (Phi) is 4.02. The van der Waals surface area contributed by atoms with Crippen LogP contribution in [0.5, 0.6) is 0 Å². The van der Waals surface area contributed by atoms with Crippen LogP contribution in [-0.4, -0.2) is 36.5 Å². The molecule has 0 saturated carbocycles. The summed E-state index contributed by atoms with van der Waals surface area (Å²) in [5.41, 5.74) is 1.11. The number of nitriles is 2. The average molecular weight is 268 g/mol. The molecule has 1 aromatic carbocycles. The zero-order chi connectivity index (χ0) is 14.7. The van der Waals surface area contributed by atoms with E-state index in [9.17, 15) is 10.1 Å². The van der Waals surface area contributed by atoms with E-state index in [0.717, 1.165) is 0 Å². The van der Waals surface area contributed by atoms with Gasteiger partial charge in [-0.25, -0.2) is 0 Å². The van der Waals surface area contributed by atoms with Gasteiger partial charge in [-0.3, -0.25) is 9.69 Å². The number of carbonyl (C=O) groups excluding carboxylic acids is 1. The van der Waals surface area contributed by atoms with Crippen molar-refractivity contribution >= 4 is 11.6 Å². The lowest BCUT2D eigenvalue weighted by atomic mass is 10.0. The molecule has 5 heteroatoms. The molecule has 2 unspecified atom stereocenters. The molecule has 1 fully saturated rings. The molecule has 5 nitrogen and oxygen atoms in total. The predicted octanol–water partition coefficient (Wildman–Crippen LogP) is 1.51. The largest absolute Gasteiger partial charge is 0.306 e. The Bertz CT molecular complexity index is 599. The molecule has 2 rings (SSSR count). The molecule has 1 aromatic rings. The average Bonchev–Trinajstić information content (AvgIpc) is 2.44. The second kappa shape index (κ2) is 5.73. The Balaban J connectivity index is 2.42. The third kappa shape index (κ3) is 2.36. The second-order valence-electron chi connectivity index (χ2n) is 5.00. The van der Waals surface area contributed by atoms with E-state index in [1.165, 1.54) is 0 Å². The summed E-state index contributed by atoms with van der Waals surface area (Å²) in [6.45, 7) is 2.63. The van der Waals surface area contributed by atoms with Crippen molar-refractivity contribution in [3.8, 4) is 12.1 Å². The van der Waals surface area contributed by atoms with E-state index in [-0.39, 0.29) is 18.4 Å². The first kappa shape index (κ1) is 14.0. The second-order valence-corrected chi connectivity index (χ2v) is 5.00. The number of amides is 1. The van der Waals surface area contributed by atoms with Gasteiger partial charge in [-0.15, -0.1) is 0 Å². The Morgan fingerprint density at radius 2 is 2.05 bits per heavy atom. The number of hydrogen-bond acceptors (Lipinski definition) is 4. The maximum absolute atomic E-state index is 12.6. The third-order valence-electron chi connectivity index (χ3n) is 3.62. The van der Waals surface area contributed by atoms with E-state index in [1.807, 2.05) is 24.9 Å². The molecule has 20 heavy (non-hydrogen) atoms. The van der Waals surface area contributed by atoms with Crippen molar-refractivity contribution < 1.29 is 4.79 Å². The summed E-state index contributed by atoms with van der Waals surface area (Å²) in [7, 11) is 1.85. The normalized spacial score (nSPS) is 23.2. The predicted molar refractivity (Wildman–Crippen MR) is 74.8 cm³/mol. The number of rotatable bonds is 2. The molecule has 1 heterocycles. The number of likely N-dealkylation sites (N-methyl/N-ethyl adjacent to an activating group) is 1. The topological polar surface area (TPSA) is 71.1 Å². The van der Waals surface area contributed by atoms with Crippen LogP contribution in [0.25, 0.3) is 0 Å². The summed E-state index contributed by atoms with van der Waals surface area (Å²) in [4.78, 5) is 16.2. The highest BCUT2D eigenvalue weighted by atomic mass is 16.2. The van der Waals surface area contributed by atoms with Crippen LogP contribution in [0.15, 0.2) is 24.3 Å². The first-order chi connectivity index (χ1) is 9.60. The number of anilines is 1. The van der Waals surface area contributed by atoms with Crippen LogP contribution < -0.4 is 4.90 Å². The first-order valence-corrected chi connectivity index (χ1v) is 6.49. The number of piperazine rings is 1. The van der Waals surface area contributed by atoms with Crippen LogP contribution >= 0.6 is 0 Å². The Hall–Kier alpha value is -2.37. The van der Waals surface area contributed by atoms with Crippen molar-refractivity contribution in [2.75, 3.05) is 18.5 Å². The molecule has 102 valence electrons. The van der Waals surface area contributed by atoms with Gasteiger partial charge in [-0.05, 0) is 26.1 Å². The number of para-hydroxylation sites is 1. The van der Waals surface area contributed by atoms with Crippen LogP contribution in [0, 0.1) is 22.7 Å². The van der Waals surface area contributed by atoms with Gasteiger partial charge >= 0.3 is 0 Å². The third-order valence-corrected chi connectivity index (χ3v) is 3.62. The molecule has 1 aliphatic rings. The van der Waals surface area contributed by atoms with E-state index < -0.39 is 6.04 Å². The minimum absolute atomic E-state index is 0.0306. The number of benzene rings is 1. The summed E-state index contributed by atoms with van der Waals surface area (Å²) < 4.78 is 0. The zero-order valence-electron chi connectivity index (χ0n) is 11.6. The molecule has 1 aliphatic heterocycles. The van der Waals surface area contributed by atoms with Gasteiger partial charge < -0.3 is 4.90 Å². The molecule has 0 spiro atoms. The molecule has 2 atom stereocenters. The molecule has 0 N–H and O–H groups in total. The van der Waals surface area contributed by atoms with Crippen molar-refractivity contribution in [3.05, 3.63) is 29.8 Å². The van der Waals surface area contributed by atoms with Crippen LogP contribution in [0.4, 0.5) is 5.69 Å². The van der Waals surface area contributed by atoms with E-state index in [2.05, 4.69) is 12.1 Å². The molecule has 0 bridgehead atoms. The maximum atomic E-state index is 12.6. The van der Waals surface area contributed by atoms with Gasteiger partial charge in [0.1, 0.15) is 12.1 Å². The summed E-state index contributed by atoms with van der Waals surface area (Å²) >= 11 is 0. The van der Waals surface area contributed by atoms with E-state index in [4.69, 9.17) is 5.26 Å². The summed E-state index contributed by atoms with van der Waals surface area (Å²) in [5.74, 6) is -0.115. The lowest BCUT2D eigenvalue weighted by Gasteiger charge is -2.42. The lowest BCUT2D eigenvalue weighted by Crippen LogP contribution is -2.60. The van der Waals surface area contributed by atoms with E-state index >= 15 is 0 Å². The highest BCUT2D eigenvalue weighted by Gasteiger charge is 2.38.